The van der Waals surface area contributed by atoms with Crippen LogP contribution in [0.1, 0.15) is 93.4 Å². The Hall–Kier alpha value is 1.22. The number of Topliss-reactive ketones (excluding diaryl/α,β-unsaturated/α-hetero) is 1. The second-order valence-corrected chi connectivity index (χ2v) is 29.3. The Balaban J connectivity index is 0.00000448. The Labute approximate surface area is 600 Å². The normalized spacial score (nSPS) is 47.2. The molecule has 0 aromatic heterocycles. The monoisotopic (exact) mass is 1410 g/mol. The number of aliphatic hydroxyl groups excluding tert-OH is 9. The zero-order valence-corrected chi connectivity index (χ0v) is 61.4. The molecule has 8 fully saturated rings. The molecule has 92 heavy (non-hydrogen) atoms. The van der Waals surface area contributed by atoms with E-state index in [-0.39, 0.29) is 128 Å². The maximum atomic E-state index is 13.0. The van der Waals surface area contributed by atoms with Gasteiger partial charge in [-0.3, -0.25) is 17.3 Å². The molecule has 3 saturated carbocycles. The van der Waals surface area contributed by atoms with Crippen molar-refractivity contribution in [3.05, 3.63) is 11.6 Å². The molecule has 0 aromatic carbocycles. The topological polar surface area (TPSA) is 500 Å². The predicted molar refractivity (Wildman–Crippen MR) is 286 cm³/mol. The quantitative estimate of drug-likeness (QED) is 0.0180. The number of aliphatic hydroxyl groups is 9. The average molecular weight is 1410 g/mol. The van der Waals surface area contributed by atoms with Crippen molar-refractivity contribution >= 4 is 37.0 Å². The Bertz CT molecular complexity index is 2890. The summed E-state index contributed by atoms with van der Waals surface area (Å²) in [6.07, 6.45) is -39.2. The number of ether oxygens (including phenoxy) is 11. The molecule has 5 aliphatic heterocycles. The minimum absolute atomic E-state index is 0. The van der Waals surface area contributed by atoms with Gasteiger partial charge in [0.1, 0.15) is 110 Å². The van der Waals surface area contributed by atoms with Crippen molar-refractivity contribution in [2.75, 3.05) is 33.5 Å². The molecule has 0 spiro atoms. The first-order valence-electron chi connectivity index (χ1n) is 29.4. The van der Waals surface area contributed by atoms with Crippen LogP contribution in [0.4, 0.5) is 0 Å². The van der Waals surface area contributed by atoms with Gasteiger partial charge < -0.3 is 112 Å². The fourth-order valence-corrected chi connectivity index (χ4v) is 17.1. The Morgan fingerprint density at radius 3 is 1.66 bits per heavy atom. The van der Waals surface area contributed by atoms with Gasteiger partial charge in [-0.2, -0.15) is 0 Å². The van der Waals surface area contributed by atoms with E-state index in [4.69, 9.17) is 56.3 Å². The van der Waals surface area contributed by atoms with E-state index in [1.165, 1.54) is 12.5 Å². The van der Waals surface area contributed by atoms with Crippen molar-refractivity contribution in [1.29, 1.82) is 0 Å². The summed E-state index contributed by atoms with van der Waals surface area (Å²) in [6, 6.07) is 0. The van der Waals surface area contributed by atoms with Crippen LogP contribution in [-0.2, 0) is 101 Å². The largest absolute Gasteiger partial charge is 1.00 e. The van der Waals surface area contributed by atoms with Gasteiger partial charge in [0.2, 0.25) is 31.2 Å². The smallest absolute Gasteiger partial charge is 0.726 e. The molecule has 5 heterocycles. The van der Waals surface area contributed by atoms with Gasteiger partial charge in [-0.05, 0) is 92.3 Å². The zero-order valence-electron chi connectivity index (χ0n) is 53.0. The van der Waals surface area contributed by atoms with Crippen molar-refractivity contribution in [2.24, 2.45) is 39.4 Å². The summed E-state index contributed by atoms with van der Waals surface area (Å²) in [6.45, 7) is 9.93. The molecule has 30 atom stereocenters. The van der Waals surface area contributed by atoms with Crippen LogP contribution in [0, 0.1) is 39.4 Å². The molecule has 514 valence electrons. The first-order chi connectivity index (χ1) is 41.2. The second kappa shape index (κ2) is 31.4. The van der Waals surface area contributed by atoms with Gasteiger partial charge in [-0.25, -0.2) is 25.3 Å². The van der Waals surface area contributed by atoms with E-state index < -0.39 is 210 Å². The van der Waals surface area contributed by atoms with E-state index in [0.29, 0.717) is 12.8 Å². The number of rotatable bonds is 20. The fraction of sp³-hybridized carbons (Fsp3) is 0.943. The molecule has 33 nitrogen and oxygen atoms in total. The number of carbonyl (C=O) groups is 1. The average Bonchev–Trinajstić information content (AvgIpc) is 1.26. The molecule has 18 unspecified atom stereocenters. The summed E-state index contributed by atoms with van der Waals surface area (Å²) in [5.74, 6) is 0.375. The summed E-state index contributed by atoms with van der Waals surface area (Å²) >= 11 is 0. The first-order valence-corrected chi connectivity index (χ1v) is 33.4. The van der Waals surface area contributed by atoms with E-state index in [2.05, 4.69) is 35.2 Å². The number of ketones is 1. The molecule has 0 bridgehead atoms. The van der Waals surface area contributed by atoms with Gasteiger partial charge in [0.25, 0.3) is 0 Å². The fourth-order valence-electron chi connectivity index (χ4n) is 16.0. The van der Waals surface area contributed by atoms with Crippen LogP contribution in [0.3, 0.4) is 0 Å². The number of fused-ring (bicyclic) bond motifs is 5. The maximum Gasteiger partial charge on any atom is 1.00 e. The minimum Gasteiger partial charge on any atom is -0.726 e. The van der Waals surface area contributed by atoms with E-state index in [9.17, 15) is 89.7 Å². The number of hydrogen-bond donors (Lipinski definition) is 9. The summed E-state index contributed by atoms with van der Waals surface area (Å²) in [5, 5.41) is 102. The minimum atomic E-state index is -5.56. The number of methoxy groups -OCH3 is 1. The van der Waals surface area contributed by atoms with Crippen LogP contribution in [0.25, 0.3) is 0 Å². The van der Waals surface area contributed by atoms with E-state index >= 15 is 0 Å². The van der Waals surface area contributed by atoms with Crippen molar-refractivity contribution in [3.8, 4) is 0 Å². The number of hydrogen-bond acceptors (Lipinski definition) is 33. The predicted octanol–water partition coefficient (Wildman–Crippen LogP) is -12.9. The zero-order chi connectivity index (χ0) is 65.6. The van der Waals surface area contributed by atoms with Gasteiger partial charge >= 0.3 is 88.7 Å². The Kier molecular flexibility index (Phi) is 28.1. The molecular weight excluding hydrogens is 1330 g/mol. The third kappa shape index (κ3) is 16.8. The molecule has 4 aliphatic carbocycles. The SMILES string of the molecule is COC1C(O)[C@H](OC2C(O)[C@H](O[C@@H]3C(C)O[C@@H](OC4C(O)[C@H](OS(=O)(=O)[O-])CO[C@H]4OC4CC[C@]5(C)C6=CC[C@]7(C)C(C(C)=O)CCC7(C)C6CCC5C4(C)C)C(O[C@@H]4OC[C@@H](O)C(O)C4O)C3O)OC(COS(=O)(=O)[O-])[C@H]2O)OC(COS(=O)(=O)[O-])[C@H]1O.[Na+].[Na+].[Na+]. The van der Waals surface area contributed by atoms with Gasteiger partial charge in [0, 0.05) is 13.0 Å². The number of carbonyl (C=O) groups excluding carboxylic acids is 1. The van der Waals surface area contributed by atoms with E-state index in [1.54, 1.807) is 6.92 Å². The van der Waals surface area contributed by atoms with Gasteiger partial charge in [0.15, 0.2) is 31.5 Å². The molecule has 5 saturated heterocycles. The molecular formula is C53H83Na3O33S3. The Morgan fingerprint density at radius 1 is 0.565 bits per heavy atom. The maximum absolute atomic E-state index is 13.0. The number of allylic oxidation sites excluding steroid dienone is 2. The van der Waals surface area contributed by atoms with Crippen LogP contribution in [0.15, 0.2) is 11.6 Å². The summed E-state index contributed by atoms with van der Waals surface area (Å²) in [5.41, 5.74) is 0.0488. The van der Waals surface area contributed by atoms with Crippen LogP contribution >= 0.6 is 0 Å². The third-order valence-electron chi connectivity index (χ3n) is 20.9. The van der Waals surface area contributed by atoms with Gasteiger partial charge in [0.05, 0.1) is 38.6 Å². The van der Waals surface area contributed by atoms with Gasteiger partial charge in [-0.15, -0.1) is 0 Å². The molecule has 39 heteroatoms. The van der Waals surface area contributed by atoms with Crippen molar-refractivity contribution in [2.45, 2.75) is 241 Å². The van der Waals surface area contributed by atoms with Crippen LogP contribution in [-0.4, -0.2) is 272 Å². The summed E-state index contributed by atoms with van der Waals surface area (Å²) in [4.78, 5) is 13.0. The molecule has 9 N–H and O–H groups in total. The Morgan fingerprint density at radius 2 is 1.10 bits per heavy atom. The molecule has 0 aromatic rings. The molecule has 9 rings (SSSR count). The van der Waals surface area contributed by atoms with E-state index in [1.807, 2.05) is 13.8 Å². The van der Waals surface area contributed by atoms with Crippen molar-refractivity contribution < 1.29 is 243 Å². The summed E-state index contributed by atoms with van der Waals surface area (Å²) < 4.78 is 184. The third-order valence-corrected chi connectivity index (χ3v) is 22.2. The van der Waals surface area contributed by atoms with Crippen LogP contribution < -0.4 is 88.7 Å². The second-order valence-electron chi connectivity index (χ2n) is 26.2. The molecule has 0 radical (unpaired) electrons. The van der Waals surface area contributed by atoms with Crippen LogP contribution in [0.5, 0.6) is 0 Å². The standard InChI is InChI=1S/C53H86O33S3.3Na/c1-21(54)23-11-15-53(7)25-9-10-30-50(3,4)31(13-14-51(30,5)24(25)12-16-52(23,53)6)81-48-43(35(59)29(18-75-48)86-89(70,71)72)85-49-44(84-45-36(60)32(56)26(55)17-74-45)37(61)40(22(2)78-49)82-47-39(63)42(34(58)28(80-47)20-77-88(67,68)69)83-46-38(62)41(73-8)33(57)27(79-46)19-76-87(64,65)66;;;/h12,22-23,25-49,55-63H,9-11,13-20H2,1-8H3,(H,64,65,66)(H,67,68,69)(H,70,71,72);;;/q;3*+1/p-3/t22?,23?,25?,26-,27?,28?,29-,30?,31?,32?,33-,34-,35?,36?,37?,38?,39?,40-,41?,42?,43?,44?,45+,46+,47+,48+,49+,51-,52-,53?;;;/m1.../s1. The molecule has 9 aliphatic rings. The van der Waals surface area contributed by atoms with Crippen molar-refractivity contribution in [3.63, 3.8) is 0 Å². The van der Waals surface area contributed by atoms with Crippen LogP contribution in [0.2, 0.25) is 0 Å². The first kappa shape index (κ1) is 82.2. The summed E-state index contributed by atoms with van der Waals surface area (Å²) in [7, 11) is -15.5. The van der Waals surface area contributed by atoms with Gasteiger partial charge in [-0.1, -0.05) is 46.3 Å². The van der Waals surface area contributed by atoms with Crippen molar-refractivity contribution in [1.82, 2.24) is 0 Å². The molecule has 0 amide bonds. The van der Waals surface area contributed by atoms with E-state index in [0.717, 1.165) is 39.2 Å².